The van der Waals surface area contributed by atoms with Gasteiger partial charge in [0.25, 0.3) is 0 Å². The van der Waals surface area contributed by atoms with Crippen molar-refractivity contribution in [1.82, 2.24) is 9.88 Å². The van der Waals surface area contributed by atoms with Crippen LogP contribution in [0, 0.1) is 5.82 Å². The van der Waals surface area contributed by atoms with Crippen molar-refractivity contribution in [3.63, 3.8) is 0 Å². The molecular formula is C28H33BrF2N4O3. The fourth-order valence-electron chi connectivity index (χ4n) is 4.51. The van der Waals surface area contributed by atoms with E-state index < -0.39 is 29.7 Å². The number of rotatable bonds is 8. The van der Waals surface area contributed by atoms with Gasteiger partial charge < -0.3 is 20.5 Å². The predicted molar refractivity (Wildman–Crippen MR) is 149 cm³/mol. The van der Waals surface area contributed by atoms with Crippen LogP contribution in [0.2, 0.25) is 0 Å². The quantitative estimate of drug-likeness (QED) is 0.274. The van der Waals surface area contributed by atoms with Crippen molar-refractivity contribution >= 4 is 44.3 Å². The number of pyridine rings is 1. The number of nitrogens with one attached hydrogen (secondary N) is 1. The number of hydrogen-bond donors (Lipinski definition) is 2. The molecule has 1 aromatic heterocycles. The number of hydrogen-bond acceptors (Lipinski definition) is 6. The Kier molecular flexibility index (Phi) is 8.60. The monoisotopic (exact) mass is 590 g/mol. The number of nitrogen functional groups attached to an aromatic ring is 1. The largest absolute Gasteiger partial charge is 0.493 e. The molecule has 0 aliphatic carbocycles. The number of aromatic nitrogens is 1. The molecule has 0 unspecified atom stereocenters. The Morgan fingerprint density at radius 1 is 1.24 bits per heavy atom. The van der Waals surface area contributed by atoms with E-state index in [-0.39, 0.29) is 13.0 Å². The van der Waals surface area contributed by atoms with E-state index in [0.717, 1.165) is 27.5 Å². The second kappa shape index (κ2) is 11.7. The van der Waals surface area contributed by atoms with Crippen LogP contribution in [0.1, 0.15) is 51.6 Å². The van der Waals surface area contributed by atoms with Crippen molar-refractivity contribution in [3.05, 3.63) is 58.4 Å². The maximum atomic E-state index is 14.4. The van der Waals surface area contributed by atoms with E-state index in [1.807, 2.05) is 18.2 Å². The molecule has 10 heteroatoms. The van der Waals surface area contributed by atoms with Gasteiger partial charge in [-0.25, -0.2) is 13.6 Å². The van der Waals surface area contributed by atoms with Crippen LogP contribution in [0.5, 0.6) is 5.75 Å². The summed E-state index contributed by atoms with van der Waals surface area (Å²) in [6.45, 7) is 6.17. The molecule has 0 radical (unpaired) electrons. The molecule has 1 fully saturated rings. The number of nitrogens with zero attached hydrogens (tertiary/aromatic N) is 2. The van der Waals surface area contributed by atoms with Crippen LogP contribution in [0.25, 0.3) is 10.9 Å². The maximum absolute atomic E-state index is 14.4. The summed E-state index contributed by atoms with van der Waals surface area (Å²) >= 11 is 3.49. The van der Waals surface area contributed by atoms with Crippen LogP contribution in [-0.2, 0) is 4.74 Å². The highest BCUT2D eigenvalue weighted by molar-refractivity contribution is 9.10. The Bertz CT molecular complexity index is 1300. The zero-order valence-electron chi connectivity index (χ0n) is 21.8. The van der Waals surface area contributed by atoms with Crippen LogP contribution >= 0.6 is 15.9 Å². The van der Waals surface area contributed by atoms with Crippen LogP contribution < -0.4 is 15.8 Å². The second-order valence-electron chi connectivity index (χ2n) is 10.4. The number of alkyl halides is 1. The van der Waals surface area contributed by atoms with Crippen LogP contribution in [0.3, 0.4) is 0 Å². The molecule has 0 saturated carbocycles. The topological polar surface area (TPSA) is 89.7 Å². The fraction of sp³-hybridized carbons (Fsp3) is 0.429. The SMILES string of the molecule is CC(C)(C)OC(=O)N1C[C@@H](F)C[C@@H]1c1cc(F)ccc1OCCCCNc1c(N)cnc2ccc(Br)cc12. The number of ether oxygens (including phenoxy) is 2. The standard InChI is InChI=1S/C28H33BrF2N4O3/c1-28(2,3)38-27(36)35-16-19(31)14-24(35)21-13-18(30)7-9-25(21)37-11-5-4-10-33-26-20-12-17(29)6-8-23(20)34-15-22(26)32/h6-9,12-13,15,19,24H,4-5,10-11,14,16,32H2,1-3H3,(H,33,34)/t19-,24+/m0/s1. The molecule has 1 aliphatic heterocycles. The van der Waals surface area contributed by atoms with Gasteiger partial charge in [-0.2, -0.15) is 0 Å². The van der Waals surface area contributed by atoms with Crippen molar-refractivity contribution in [2.24, 2.45) is 0 Å². The molecule has 1 aliphatic rings. The molecule has 2 heterocycles. The third-order valence-electron chi connectivity index (χ3n) is 6.20. The van der Waals surface area contributed by atoms with Crippen LogP contribution in [0.4, 0.5) is 25.0 Å². The fourth-order valence-corrected chi connectivity index (χ4v) is 4.87. The van der Waals surface area contributed by atoms with E-state index in [2.05, 4.69) is 26.2 Å². The number of benzene rings is 2. The van der Waals surface area contributed by atoms with Crippen LogP contribution in [-0.4, -0.2) is 47.4 Å². The highest BCUT2D eigenvalue weighted by Crippen LogP contribution is 2.39. The molecule has 0 bridgehead atoms. The highest BCUT2D eigenvalue weighted by atomic mass is 79.9. The van der Waals surface area contributed by atoms with E-state index in [0.29, 0.717) is 36.6 Å². The Labute approximate surface area is 229 Å². The average Bonchev–Trinajstić information content (AvgIpc) is 3.24. The first-order chi connectivity index (χ1) is 18.0. The third kappa shape index (κ3) is 6.83. The summed E-state index contributed by atoms with van der Waals surface area (Å²) in [7, 11) is 0. The summed E-state index contributed by atoms with van der Waals surface area (Å²) in [4.78, 5) is 18.4. The van der Waals surface area contributed by atoms with Gasteiger partial charge in [0, 0.05) is 28.4 Å². The Morgan fingerprint density at radius 3 is 2.79 bits per heavy atom. The van der Waals surface area contributed by atoms with Gasteiger partial charge in [-0.05, 0) is 70.0 Å². The molecule has 3 aromatic rings. The summed E-state index contributed by atoms with van der Waals surface area (Å²) in [6.07, 6.45) is 1.34. The smallest absolute Gasteiger partial charge is 0.410 e. The van der Waals surface area contributed by atoms with Gasteiger partial charge in [0.05, 0.1) is 42.3 Å². The lowest BCUT2D eigenvalue weighted by molar-refractivity contribution is 0.0214. The lowest BCUT2D eigenvalue weighted by Gasteiger charge is -2.29. The number of nitrogens with two attached hydrogens (primary N) is 1. The maximum Gasteiger partial charge on any atom is 0.410 e. The minimum atomic E-state index is -1.23. The second-order valence-corrected chi connectivity index (χ2v) is 11.3. The Hall–Kier alpha value is -3.14. The average molecular weight is 591 g/mol. The molecule has 1 amide bonds. The molecular weight excluding hydrogens is 558 g/mol. The number of fused-ring (bicyclic) bond motifs is 1. The van der Waals surface area contributed by atoms with E-state index in [9.17, 15) is 13.6 Å². The molecule has 3 N–H and O–H groups in total. The lowest BCUT2D eigenvalue weighted by Crippen LogP contribution is -2.37. The minimum absolute atomic E-state index is 0.0560. The summed E-state index contributed by atoms with van der Waals surface area (Å²) in [5.74, 6) is -0.0435. The van der Waals surface area contributed by atoms with Crippen molar-refractivity contribution < 1.29 is 23.0 Å². The van der Waals surface area contributed by atoms with E-state index in [1.165, 1.54) is 23.1 Å². The van der Waals surface area contributed by atoms with Crippen molar-refractivity contribution in [2.75, 3.05) is 30.7 Å². The molecule has 2 atom stereocenters. The van der Waals surface area contributed by atoms with Gasteiger partial charge in [-0.1, -0.05) is 15.9 Å². The molecule has 204 valence electrons. The normalized spacial score (nSPS) is 17.6. The van der Waals surface area contributed by atoms with E-state index in [1.54, 1.807) is 27.0 Å². The predicted octanol–water partition coefficient (Wildman–Crippen LogP) is 7.01. The van der Waals surface area contributed by atoms with Crippen LogP contribution in [0.15, 0.2) is 47.1 Å². The number of likely N-dealkylation sites (tertiary alicyclic amines) is 1. The van der Waals surface area contributed by atoms with Gasteiger partial charge in [0.15, 0.2) is 0 Å². The first-order valence-electron chi connectivity index (χ1n) is 12.7. The number of anilines is 2. The zero-order chi connectivity index (χ0) is 27.4. The summed E-state index contributed by atoms with van der Waals surface area (Å²) in [6, 6.07) is 9.31. The van der Waals surface area contributed by atoms with E-state index in [4.69, 9.17) is 15.2 Å². The van der Waals surface area contributed by atoms with Gasteiger partial charge in [0.1, 0.15) is 23.3 Å². The minimum Gasteiger partial charge on any atom is -0.493 e. The molecule has 1 saturated heterocycles. The number of amides is 1. The first-order valence-corrected chi connectivity index (χ1v) is 13.4. The summed E-state index contributed by atoms with van der Waals surface area (Å²) < 4.78 is 41.0. The van der Waals surface area contributed by atoms with Crippen molar-refractivity contribution in [2.45, 2.75) is 57.8 Å². The van der Waals surface area contributed by atoms with Crippen molar-refractivity contribution in [1.29, 1.82) is 0 Å². The van der Waals surface area contributed by atoms with E-state index >= 15 is 0 Å². The summed E-state index contributed by atoms with van der Waals surface area (Å²) in [5.41, 5.74) is 8.12. The third-order valence-corrected chi connectivity index (χ3v) is 6.69. The number of carbonyl (C=O) groups is 1. The highest BCUT2D eigenvalue weighted by Gasteiger charge is 2.40. The van der Waals surface area contributed by atoms with Gasteiger partial charge in [0.2, 0.25) is 0 Å². The molecule has 0 spiro atoms. The number of unbranched alkanes of at least 4 members (excludes halogenated alkanes) is 1. The van der Waals surface area contributed by atoms with Crippen molar-refractivity contribution in [3.8, 4) is 5.75 Å². The molecule has 2 aromatic carbocycles. The molecule has 38 heavy (non-hydrogen) atoms. The number of carbonyl (C=O) groups excluding carboxylic acids is 1. The Balaban J connectivity index is 1.37. The Morgan fingerprint density at radius 2 is 2.03 bits per heavy atom. The molecule has 7 nitrogen and oxygen atoms in total. The zero-order valence-corrected chi connectivity index (χ0v) is 23.4. The lowest BCUT2D eigenvalue weighted by atomic mass is 10.0. The number of halogens is 3. The first kappa shape index (κ1) is 27.9. The summed E-state index contributed by atoms with van der Waals surface area (Å²) in [5, 5.41) is 4.33. The van der Waals surface area contributed by atoms with Gasteiger partial charge in [-0.3, -0.25) is 9.88 Å². The van der Waals surface area contributed by atoms with Gasteiger partial charge in [-0.15, -0.1) is 0 Å². The molecule has 4 rings (SSSR count). The van der Waals surface area contributed by atoms with Gasteiger partial charge >= 0.3 is 6.09 Å².